The van der Waals surface area contributed by atoms with Gasteiger partial charge in [0.25, 0.3) is 5.91 Å². The molecule has 6 heteroatoms. The van der Waals surface area contributed by atoms with Crippen molar-refractivity contribution in [1.29, 1.82) is 0 Å². The van der Waals surface area contributed by atoms with Crippen LogP contribution in [-0.4, -0.2) is 24.3 Å². The standard InChI is InChI=1S/C25H23NO4S/c1-17-8-12-19(13-9-17)16-26-22(20-14-10-18(2)11-15-20)24(23(27)25(26)28)31(29,30)21-6-4-3-5-7-21/h3-15,22,27H,16H2,1-2H3. The topological polar surface area (TPSA) is 74.7 Å². The molecule has 1 aliphatic heterocycles. The molecular weight excluding hydrogens is 410 g/mol. The van der Waals surface area contributed by atoms with Gasteiger partial charge in [-0.2, -0.15) is 0 Å². The molecule has 1 heterocycles. The Morgan fingerprint density at radius 2 is 1.39 bits per heavy atom. The fourth-order valence-corrected chi connectivity index (χ4v) is 5.43. The van der Waals surface area contributed by atoms with Crippen LogP contribution < -0.4 is 0 Å². The lowest BCUT2D eigenvalue weighted by Crippen LogP contribution is -2.30. The molecule has 0 saturated carbocycles. The Morgan fingerprint density at radius 3 is 1.97 bits per heavy atom. The van der Waals surface area contributed by atoms with E-state index in [-0.39, 0.29) is 16.3 Å². The van der Waals surface area contributed by atoms with Crippen molar-refractivity contribution in [2.45, 2.75) is 31.3 Å². The largest absolute Gasteiger partial charge is 0.502 e. The van der Waals surface area contributed by atoms with Gasteiger partial charge in [0.05, 0.1) is 10.9 Å². The second-order valence-corrected chi connectivity index (χ2v) is 9.68. The summed E-state index contributed by atoms with van der Waals surface area (Å²) in [4.78, 5) is 14.2. The van der Waals surface area contributed by atoms with E-state index in [1.54, 1.807) is 30.3 Å². The summed E-state index contributed by atoms with van der Waals surface area (Å²) in [5.41, 5.74) is 3.57. The second-order valence-electron chi connectivity index (χ2n) is 7.76. The van der Waals surface area contributed by atoms with Crippen LogP contribution in [0.5, 0.6) is 0 Å². The summed E-state index contributed by atoms with van der Waals surface area (Å²) in [6, 6.07) is 22.0. The van der Waals surface area contributed by atoms with Crippen molar-refractivity contribution < 1.29 is 18.3 Å². The Hall–Kier alpha value is -3.38. The van der Waals surface area contributed by atoms with E-state index in [9.17, 15) is 18.3 Å². The van der Waals surface area contributed by atoms with E-state index in [1.165, 1.54) is 17.0 Å². The predicted molar refractivity (Wildman–Crippen MR) is 119 cm³/mol. The zero-order valence-electron chi connectivity index (χ0n) is 17.3. The zero-order valence-corrected chi connectivity index (χ0v) is 18.1. The van der Waals surface area contributed by atoms with Crippen LogP contribution in [-0.2, 0) is 21.2 Å². The number of carbonyl (C=O) groups is 1. The molecule has 1 N–H and O–H groups in total. The number of nitrogens with zero attached hydrogens (tertiary/aromatic N) is 1. The van der Waals surface area contributed by atoms with Gasteiger partial charge < -0.3 is 10.0 Å². The minimum atomic E-state index is -4.09. The molecule has 0 radical (unpaired) electrons. The van der Waals surface area contributed by atoms with Crippen LogP contribution in [0.15, 0.2) is 94.4 Å². The average Bonchev–Trinajstić information content (AvgIpc) is 3.02. The van der Waals surface area contributed by atoms with Crippen molar-refractivity contribution in [3.8, 4) is 0 Å². The minimum absolute atomic E-state index is 0.0404. The molecular formula is C25H23NO4S. The molecule has 0 aliphatic carbocycles. The first-order valence-corrected chi connectivity index (χ1v) is 11.4. The Balaban J connectivity index is 1.85. The van der Waals surface area contributed by atoms with E-state index < -0.39 is 27.5 Å². The number of hydrogen-bond donors (Lipinski definition) is 1. The summed E-state index contributed by atoms with van der Waals surface area (Å²) in [5.74, 6) is -1.41. The number of benzene rings is 3. The molecule has 0 spiro atoms. The van der Waals surface area contributed by atoms with Crippen LogP contribution in [0.25, 0.3) is 0 Å². The normalized spacial score (nSPS) is 16.8. The van der Waals surface area contributed by atoms with Crippen LogP contribution in [0.3, 0.4) is 0 Å². The maximum atomic E-state index is 13.5. The predicted octanol–water partition coefficient (Wildman–Crippen LogP) is 4.63. The number of aliphatic hydroxyl groups excluding tert-OH is 1. The van der Waals surface area contributed by atoms with Gasteiger partial charge in [-0.1, -0.05) is 77.9 Å². The molecule has 0 aromatic heterocycles. The lowest BCUT2D eigenvalue weighted by molar-refractivity contribution is -0.130. The van der Waals surface area contributed by atoms with Crippen LogP contribution in [0.2, 0.25) is 0 Å². The highest BCUT2D eigenvalue weighted by atomic mass is 32.2. The lowest BCUT2D eigenvalue weighted by Gasteiger charge is -2.27. The average molecular weight is 434 g/mol. The molecule has 1 atom stereocenters. The van der Waals surface area contributed by atoms with Crippen LogP contribution >= 0.6 is 0 Å². The second kappa shape index (κ2) is 8.04. The third-order valence-corrected chi connectivity index (χ3v) is 7.35. The van der Waals surface area contributed by atoms with E-state index in [1.807, 2.05) is 50.2 Å². The summed E-state index contributed by atoms with van der Waals surface area (Å²) < 4.78 is 27.0. The molecule has 31 heavy (non-hydrogen) atoms. The highest BCUT2D eigenvalue weighted by Gasteiger charge is 2.46. The van der Waals surface area contributed by atoms with Gasteiger partial charge in [0.15, 0.2) is 5.76 Å². The van der Waals surface area contributed by atoms with Gasteiger partial charge in [-0.05, 0) is 37.1 Å². The van der Waals surface area contributed by atoms with Crippen molar-refractivity contribution >= 4 is 15.7 Å². The molecule has 0 saturated heterocycles. The number of carbonyl (C=O) groups excluding carboxylic acids is 1. The maximum Gasteiger partial charge on any atom is 0.290 e. The van der Waals surface area contributed by atoms with Crippen LogP contribution in [0, 0.1) is 13.8 Å². The van der Waals surface area contributed by atoms with E-state index in [0.717, 1.165) is 16.7 Å². The van der Waals surface area contributed by atoms with Crippen LogP contribution in [0.4, 0.5) is 0 Å². The van der Waals surface area contributed by atoms with Crippen molar-refractivity contribution in [2.24, 2.45) is 0 Å². The Labute approximate surface area is 182 Å². The van der Waals surface area contributed by atoms with Gasteiger partial charge in [0.2, 0.25) is 9.84 Å². The van der Waals surface area contributed by atoms with Gasteiger partial charge >= 0.3 is 0 Å². The van der Waals surface area contributed by atoms with E-state index in [0.29, 0.717) is 5.56 Å². The van der Waals surface area contributed by atoms with E-state index in [4.69, 9.17) is 0 Å². The van der Waals surface area contributed by atoms with E-state index >= 15 is 0 Å². The number of aryl methyl sites for hydroxylation is 2. The van der Waals surface area contributed by atoms with Gasteiger partial charge in [-0.3, -0.25) is 4.79 Å². The number of sulfone groups is 1. The Kier molecular flexibility index (Phi) is 5.41. The number of aliphatic hydroxyl groups is 1. The van der Waals surface area contributed by atoms with Crippen molar-refractivity contribution in [3.63, 3.8) is 0 Å². The first-order valence-electron chi connectivity index (χ1n) is 9.95. The SMILES string of the molecule is Cc1ccc(CN2C(=O)C(O)=C(S(=O)(=O)c3ccccc3)C2c2ccc(C)cc2)cc1. The molecule has 1 unspecified atom stereocenters. The van der Waals surface area contributed by atoms with Gasteiger partial charge in [-0.15, -0.1) is 0 Å². The highest BCUT2D eigenvalue weighted by molar-refractivity contribution is 7.95. The summed E-state index contributed by atoms with van der Waals surface area (Å²) in [6.45, 7) is 4.08. The summed E-state index contributed by atoms with van der Waals surface area (Å²) in [7, 11) is -4.09. The van der Waals surface area contributed by atoms with Crippen molar-refractivity contribution in [3.05, 3.63) is 112 Å². The lowest BCUT2D eigenvalue weighted by atomic mass is 10.0. The zero-order chi connectivity index (χ0) is 22.2. The quantitative estimate of drug-likeness (QED) is 0.637. The van der Waals surface area contributed by atoms with Crippen LogP contribution in [0.1, 0.15) is 28.3 Å². The monoisotopic (exact) mass is 433 g/mol. The highest BCUT2D eigenvalue weighted by Crippen LogP contribution is 2.43. The van der Waals surface area contributed by atoms with Gasteiger partial charge in [-0.25, -0.2) is 8.42 Å². The third-order valence-electron chi connectivity index (χ3n) is 5.47. The molecule has 0 fully saturated rings. The first-order chi connectivity index (χ1) is 14.8. The smallest absolute Gasteiger partial charge is 0.290 e. The fourth-order valence-electron chi connectivity index (χ4n) is 3.76. The first kappa shape index (κ1) is 20.9. The number of rotatable bonds is 5. The molecule has 3 aromatic carbocycles. The molecule has 1 amide bonds. The molecule has 1 aliphatic rings. The van der Waals surface area contributed by atoms with E-state index in [2.05, 4.69) is 0 Å². The fraction of sp³-hybridized carbons (Fsp3) is 0.160. The molecule has 158 valence electrons. The van der Waals surface area contributed by atoms with Crippen molar-refractivity contribution in [1.82, 2.24) is 4.90 Å². The number of amides is 1. The van der Waals surface area contributed by atoms with Gasteiger partial charge in [0.1, 0.15) is 4.91 Å². The Morgan fingerprint density at radius 1 is 0.839 bits per heavy atom. The molecule has 4 rings (SSSR count). The number of hydrogen-bond acceptors (Lipinski definition) is 4. The summed E-state index contributed by atoms with van der Waals surface area (Å²) in [6.07, 6.45) is 0. The third kappa shape index (κ3) is 3.86. The molecule has 3 aromatic rings. The molecule has 5 nitrogen and oxygen atoms in total. The summed E-state index contributed by atoms with van der Waals surface area (Å²) in [5, 5.41) is 10.7. The summed E-state index contributed by atoms with van der Waals surface area (Å²) >= 11 is 0. The Bertz CT molecular complexity index is 1250. The minimum Gasteiger partial charge on any atom is -0.502 e. The van der Waals surface area contributed by atoms with Gasteiger partial charge in [0, 0.05) is 6.54 Å². The maximum absolute atomic E-state index is 13.5. The van der Waals surface area contributed by atoms with Crippen molar-refractivity contribution in [2.75, 3.05) is 0 Å². The molecule has 0 bridgehead atoms.